The third-order valence-electron chi connectivity index (χ3n) is 3.08. The van der Waals surface area contributed by atoms with Crippen LogP contribution in [-0.2, 0) is 4.74 Å². The van der Waals surface area contributed by atoms with Crippen LogP contribution >= 0.6 is 0 Å². The van der Waals surface area contributed by atoms with E-state index in [1.54, 1.807) is 12.1 Å². The number of nitrogens with one attached hydrogen (secondary N) is 1. The van der Waals surface area contributed by atoms with Crippen LogP contribution in [-0.4, -0.2) is 30.3 Å². The smallest absolute Gasteiger partial charge is 0.255 e. The van der Waals surface area contributed by atoms with Gasteiger partial charge in [0, 0.05) is 0 Å². The molecule has 1 aliphatic rings. The molecule has 1 amide bonds. The van der Waals surface area contributed by atoms with Gasteiger partial charge in [-0.2, -0.15) is 0 Å². The lowest BCUT2D eigenvalue weighted by molar-refractivity contribution is -0.00350. The summed E-state index contributed by atoms with van der Waals surface area (Å²) in [6, 6.07) is 11.0. The number of hydrogen-bond donors (Lipinski definition) is 2. The second-order valence-electron chi connectivity index (χ2n) is 4.42. The van der Waals surface area contributed by atoms with Gasteiger partial charge in [-0.05, 0) is 22.9 Å². The highest BCUT2D eigenvalue weighted by Crippen LogP contribution is 2.25. The number of amides is 1. The standard InChI is InChI=1S/C14H13NO3/c16-13-6-10-4-2-1-3-9(10)5-12(13)14(17)15-11-7-18-8-11/h1-6,11,16H,7-8H2,(H,15,17). The zero-order valence-electron chi connectivity index (χ0n) is 9.72. The fourth-order valence-corrected chi connectivity index (χ4v) is 1.99. The molecule has 92 valence electrons. The highest BCUT2D eigenvalue weighted by atomic mass is 16.5. The van der Waals surface area contributed by atoms with Crippen LogP contribution in [0, 0.1) is 0 Å². The highest BCUT2D eigenvalue weighted by molar-refractivity contribution is 6.01. The predicted molar refractivity (Wildman–Crippen MR) is 67.7 cm³/mol. The Kier molecular flexibility index (Phi) is 2.64. The van der Waals surface area contributed by atoms with Gasteiger partial charge >= 0.3 is 0 Å². The molecule has 1 fully saturated rings. The maximum Gasteiger partial charge on any atom is 0.255 e. The van der Waals surface area contributed by atoms with Gasteiger partial charge in [-0.3, -0.25) is 4.79 Å². The van der Waals surface area contributed by atoms with Gasteiger partial charge < -0.3 is 15.2 Å². The number of phenolic OH excluding ortho intramolecular Hbond substituents is 1. The lowest BCUT2D eigenvalue weighted by Crippen LogP contribution is -2.48. The molecule has 1 heterocycles. The Balaban J connectivity index is 1.94. The van der Waals surface area contributed by atoms with Crippen molar-refractivity contribution >= 4 is 16.7 Å². The number of fused-ring (bicyclic) bond motifs is 1. The average molecular weight is 243 g/mol. The number of ether oxygens (including phenoxy) is 1. The monoisotopic (exact) mass is 243 g/mol. The minimum absolute atomic E-state index is 0.00596. The highest BCUT2D eigenvalue weighted by Gasteiger charge is 2.22. The summed E-state index contributed by atoms with van der Waals surface area (Å²) in [4.78, 5) is 12.0. The van der Waals surface area contributed by atoms with Gasteiger partial charge in [-0.25, -0.2) is 0 Å². The number of phenols is 1. The predicted octanol–water partition coefficient (Wildman–Crippen LogP) is 1.67. The van der Waals surface area contributed by atoms with E-state index in [2.05, 4.69) is 5.32 Å². The minimum atomic E-state index is -0.258. The van der Waals surface area contributed by atoms with Crippen LogP contribution in [0.5, 0.6) is 5.75 Å². The lowest BCUT2D eigenvalue weighted by Gasteiger charge is -2.26. The quantitative estimate of drug-likeness (QED) is 0.843. The van der Waals surface area contributed by atoms with Crippen molar-refractivity contribution in [2.45, 2.75) is 6.04 Å². The summed E-state index contributed by atoms with van der Waals surface area (Å²) >= 11 is 0. The molecule has 0 radical (unpaired) electrons. The Labute approximate surface area is 104 Å². The molecule has 3 rings (SSSR count). The first-order valence-corrected chi connectivity index (χ1v) is 5.84. The number of carbonyl (C=O) groups is 1. The van der Waals surface area contributed by atoms with Crippen LogP contribution in [0.3, 0.4) is 0 Å². The molecule has 1 saturated heterocycles. The number of carbonyl (C=O) groups excluding carboxylic acids is 1. The summed E-state index contributed by atoms with van der Waals surface area (Å²) in [5, 5.41) is 14.6. The topological polar surface area (TPSA) is 58.6 Å². The Hall–Kier alpha value is -2.07. The van der Waals surface area contributed by atoms with E-state index >= 15 is 0 Å². The normalized spacial score (nSPS) is 15.3. The van der Waals surface area contributed by atoms with Crippen molar-refractivity contribution in [3.63, 3.8) is 0 Å². The van der Waals surface area contributed by atoms with Crippen molar-refractivity contribution in [1.29, 1.82) is 0 Å². The Morgan fingerprint density at radius 1 is 1.22 bits per heavy atom. The second kappa shape index (κ2) is 4.31. The summed E-state index contributed by atoms with van der Waals surface area (Å²) in [5.74, 6) is -0.252. The van der Waals surface area contributed by atoms with Crippen molar-refractivity contribution in [3.8, 4) is 5.75 Å². The van der Waals surface area contributed by atoms with Gasteiger partial charge in [0.1, 0.15) is 5.75 Å². The molecule has 0 aromatic heterocycles. The number of aromatic hydroxyl groups is 1. The zero-order valence-corrected chi connectivity index (χ0v) is 9.72. The van der Waals surface area contributed by atoms with E-state index in [0.29, 0.717) is 18.8 Å². The molecule has 1 aliphatic heterocycles. The van der Waals surface area contributed by atoms with Crippen LogP contribution in [0.25, 0.3) is 10.8 Å². The third-order valence-corrected chi connectivity index (χ3v) is 3.08. The molecule has 2 N–H and O–H groups in total. The summed E-state index contributed by atoms with van der Waals surface area (Å²) in [6.45, 7) is 1.08. The molecular formula is C14H13NO3. The first-order chi connectivity index (χ1) is 8.74. The first kappa shape index (κ1) is 11.0. The molecule has 4 nitrogen and oxygen atoms in total. The Morgan fingerprint density at radius 2 is 1.89 bits per heavy atom. The van der Waals surface area contributed by atoms with Gasteiger partial charge in [0.25, 0.3) is 5.91 Å². The largest absolute Gasteiger partial charge is 0.507 e. The van der Waals surface area contributed by atoms with Crippen LogP contribution in [0.4, 0.5) is 0 Å². The SMILES string of the molecule is O=C(NC1COC1)c1cc2ccccc2cc1O. The fraction of sp³-hybridized carbons (Fsp3) is 0.214. The molecular weight excluding hydrogens is 230 g/mol. The number of hydrogen-bond acceptors (Lipinski definition) is 3. The van der Waals surface area contributed by atoms with E-state index in [0.717, 1.165) is 10.8 Å². The Bertz CT molecular complexity index is 605. The van der Waals surface area contributed by atoms with E-state index in [4.69, 9.17) is 4.74 Å². The Morgan fingerprint density at radius 3 is 2.50 bits per heavy atom. The van der Waals surface area contributed by atoms with Gasteiger partial charge in [0.05, 0.1) is 24.8 Å². The molecule has 2 aromatic rings. The fourth-order valence-electron chi connectivity index (χ4n) is 1.99. The molecule has 0 spiro atoms. The zero-order chi connectivity index (χ0) is 12.5. The first-order valence-electron chi connectivity index (χ1n) is 5.84. The molecule has 0 atom stereocenters. The third kappa shape index (κ3) is 1.91. The molecule has 0 unspecified atom stereocenters. The molecule has 18 heavy (non-hydrogen) atoms. The molecule has 4 heteroatoms. The van der Waals surface area contributed by atoms with Crippen molar-refractivity contribution in [1.82, 2.24) is 5.32 Å². The maximum atomic E-state index is 12.0. The second-order valence-corrected chi connectivity index (χ2v) is 4.42. The van der Waals surface area contributed by atoms with Crippen molar-refractivity contribution in [2.24, 2.45) is 0 Å². The van der Waals surface area contributed by atoms with E-state index in [9.17, 15) is 9.90 Å². The van der Waals surface area contributed by atoms with Crippen LogP contribution < -0.4 is 5.32 Å². The maximum absolute atomic E-state index is 12.0. The van der Waals surface area contributed by atoms with Gasteiger partial charge in [0.15, 0.2) is 0 Å². The molecule has 0 saturated carbocycles. The van der Waals surface area contributed by atoms with E-state index in [1.807, 2.05) is 24.3 Å². The van der Waals surface area contributed by atoms with Crippen LogP contribution in [0.15, 0.2) is 36.4 Å². The van der Waals surface area contributed by atoms with Crippen LogP contribution in [0.2, 0.25) is 0 Å². The van der Waals surface area contributed by atoms with Crippen molar-refractivity contribution in [3.05, 3.63) is 42.0 Å². The van der Waals surface area contributed by atoms with Crippen molar-refractivity contribution < 1.29 is 14.6 Å². The van der Waals surface area contributed by atoms with Gasteiger partial charge in [-0.1, -0.05) is 24.3 Å². The summed E-state index contributed by atoms with van der Waals surface area (Å²) in [7, 11) is 0. The average Bonchev–Trinajstić information content (AvgIpc) is 2.32. The van der Waals surface area contributed by atoms with E-state index in [-0.39, 0.29) is 17.7 Å². The number of benzene rings is 2. The molecule has 0 bridgehead atoms. The van der Waals surface area contributed by atoms with Gasteiger partial charge in [0.2, 0.25) is 0 Å². The molecule has 2 aromatic carbocycles. The summed E-state index contributed by atoms with van der Waals surface area (Å²) in [5.41, 5.74) is 0.306. The van der Waals surface area contributed by atoms with E-state index in [1.165, 1.54) is 0 Å². The van der Waals surface area contributed by atoms with Gasteiger partial charge in [-0.15, -0.1) is 0 Å². The summed E-state index contributed by atoms with van der Waals surface area (Å²) in [6.07, 6.45) is 0. The summed E-state index contributed by atoms with van der Waals surface area (Å²) < 4.78 is 4.99. The van der Waals surface area contributed by atoms with Crippen LogP contribution in [0.1, 0.15) is 10.4 Å². The van der Waals surface area contributed by atoms with Crippen molar-refractivity contribution in [2.75, 3.05) is 13.2 Å². The minimum Gasteiger partial charge on any atom is -0.507 e. The number of rotatable bonds is 2. The lowest BCUT2D eigenvalue weighted by atomic mass is 10.0. The van der Waals surface area contributed by atoms with E-state index < -0.39 is 0 Å². The molecule has 0 aliphatic carbocycles.